The van der Waals surface area contributed by atoms with Crippen molar-refractivity contribution in [3.63, 3.8) is 0 Å². The monoisotopic (exact) mass is 422 g/mol. The molecule has 30 heavy (non-hydrogen) atoms. The summed E-state index contributed by atoms with van der Waals surface area (Å²) >= 11 is 0. The number of allylic oxidation sites excluding steroid dienone is 1. The van der Waals surface area contributed by atoms with E-state index in [1.165, 1.54) is 18.9 Å². The summed E-state index contributed by atoms with van der Waals surface area (Å²) < 4.78 is 15.6. The van der Waals surface area contributed by atoms with Gasteiger partial charge in [-0.2, -0.15) is 0 Å². The third-order valence-electron chi connectivity index (χ3n) is 4.03. The van der Waals surface area contributed by atoms with Crippen molar-refractivity contribution in [2.45, 2.75) is 60.3 Å². The smallest absolute Gasteiger partial charge is 0.311 e. The van der Waals surface area contributed by atoms with E-state index in [0.717, 1.165) is 0 Å². The van der Waals surface area contributed by atoms with Crippen molar-refractivity contribution in [1.29, 1.82) is 0 Å². The molecule has 1 rings (SSSR count). The summed E-state index contributed by atoms with van der Waals surface area (Å²) in [5.74, 6) is -2.06. The second kappa shape index (κ2) is 10.0. The van der Waals surface area contributed by atoms with Crippen LogP contribution in [0.1, 0.15) is 58.1 Å². The van der Waals surface area contributed by atoms with Gasteiger partial charge in [0.25, 0.3) is 5.91 Å². The van der Waals surface area contributed by atoms with Gasteiger partial charge in [0.15, 0.2) is 5.76 Å². The highest BCUT2D eigenvalue weighted by atomic mass is 16.7. The molecule has 1 aromatic heterocycles. The summed E-state index contributed by atoms with van der Waals surface area (Å²) in [6.45, 7) is 15.2. The van der Waals surface area contributed by atoms with Crippen LogP contribution in [0.3, 0.4) is 0 Å². The molecule has 0 radical (unpaired) electrons. The van der Waals surface area contributed by atoms with Gasteiger partial charge in [-0.25, -0.2) is 0 Å². The second-order valence-electron chi connectivity index (χ2n) is 7.44. The molecule has 0 fully saturated rings. The molecule has 0 aliphatic rings. The number of carbonyl (C=O) groups is 3. The first-order valence-electron chi connectivity index (χ1n) is 9.43. The van der Waals surface area contributed by atoms with Crippen molar-refractivity contribution in [2.24, 2.45) is 5.92 Å². The summed E-state index contributed by atoms with van der Waals surface area (Å²) in [6, 6.07) is 0. The second-order valence-corrected chi connectivity index (χ2v) is 7.44. The number of aryl methyl sites for hydroxylation is 1. The number of rotatable bonds is 9. The van der Waals surface area contributed by atoms with Gasteiger partial charge >= 0.3 is 17.8 Å². The third kappa shape index (κ3) is 6.43. The zero-order valence-corrected chi connectivity index (χ0v) is 18.7. The minimum Gasteiger partial charge on any atom is -0.450 e. The van der Waals surface area contributed by atoms with Gasteiger partial charge in [-0.1, -0.05) is 26.5 Å². The first kappa shape index (κ1) is 24.9. The van der Waals surface area contributed by atoms with Crippen LogP contribution in [0, 0.1) is 12.8 Å². The van der Waals surface area contributed by atoms with Gasteiger partial charge in [-0.3, -0.25) is 14.4 Å². The topological polar surface area (TPSA) is 124 Å². The lowest BCUT2D eigenvalue weighted by molar-refractivity contribution is -0.174. The fourth-order valence-electron chi connectivity index (χ4n) is 2.63. The Labute approximate surface area is 176 Å². The van der Waals surface area contributed by atoms with E-state index in [0.29, 0.717) is 5.70 Å². The Bertz CT molecular complexity index is 840. The van der Waals surface area contributed by atoms with E-state index in [2.05, 4.69) is 22.1 Å². The molecule has 10 nitrogen and oxygen atoms in total. The number of hydrogen-bond acceptors (Lipinski definition) is 8. The third-order valence-corrected chi connectivity index (χ3v) is 4.03. The van der Waals surface area contributed by atoms with E-state index < -0.39 is 29.6 Å². The van der Waals surface area contributed by atoms with Gasteiger partial charge in [-0.05, 0) is 20.8 Å². The highest BCUT2D eigenvalue weighted by Gasteiger charge is 2.33. The Balaban J connectivity index is 2.85. The Hall–Kier alpha value is -3.17. The molecule has 2 amide bonds. The minimum atomic E-state index is -0.979. The molecule has 0 aliphatic carbocycles. The van der Waals surface area contributed by atoms with Crippen molar-refractivity contribution >= 4 is 17.8 Å². The number of hydrogen-bond donors (Lipinski definition) is 1. The van der Waals surface area contributed by atoms with E-state index >= 15 is 0 Å². The minimum absolute atomic E-state index is 0.182. The molecular formula is C20H30N4O6. The molecule has 1 atom stereocenters. The maximum atomic E-state index is 12.8. The number of aromatic nitrogens is 2. The van der Waals surface area contributed by atoms with E-state index in [-0.39, 0.29) is 23.5 Å². The molecule has 0 saturated heterocycles. The first-order chi connectivity index (χ1) is 13.8. The number of nitrogens with zero attached hydrogens (tertiary/aromatic N) is 3. The number of amides is 2. The van der Waals surface area contributed by atoms with Crippen LogP contribution < -0.4 is 5.32 Å². The molecule has 0 bridgehead atoms. The van der Waals surface area contributed by atoms with Crippen molar-refractivity contribution in [2.75, 3.05) is 7.05 Å². The van der Waals surface area contributed by atoms with E-state index in [1.807, 2.05) is 0 Å². The number of ether oxygens (including phenoxy) is 2. The summed E-state index contributed by atoms with van der Waals surface area (Å²) in [6.07, 6.45) is 0.694. The van der Waals surface area contributed by atoms with Crippen LogP contribution in [0.4, 0.5) is 0 Å². The SMILES string of the molecule is C=C(OC(C)OC(=O)C(C)C)C(=O)N(C)C(=CC)C(C)(C)NC(=O)c1nnc(C)o1. The van der Waals surface area contributed by atoms with Gasteiger partial charge in [0.2, 0.25) is 12.2 Å². The predicted molar refractivity (Wildman–Crippen MR) is 108 cm³/mol. The maximum Gasteiger partial charge on any atom is 0.311 e. The Morgan fingerprint density at radius 2 is 1.80 bits per heavy atom. The Kier molecular flexibility index (Phi) is 8.32. The zero-order valence-electron chi connectivity index (χ0n) is 18.7. The average molecular weight is 422 g/mol. The lowest BCUT2D eigenvalue weighted by Gasteiger charge is -2.34. The van der Waals surface area contributed by atoms with E-state index in [1.54, 1.807) is 47.6 Å². The Morgan fingerprint density at radius 3 is 2.27 bits per heavy atom. The van der Waals surface area contributed by atoms with Gasteiger partial charge < -0.3 is 24.1 Å². The molecule has 0 aromatic carbocycles. The predicted octanol–water partition coefficient (Wildman–Crippen LogP) is 2.32. The van der Waals surface area contributed by atoms with Crippen molar-refractivity contribution < 1.29 is 28.3 Å². The molecule has 1 unspecified atom stereocenters. The molecule has 0 aliphatic heterocycles. The fourth-order valence-corrected chi connectivity index (χ4v) is 2.63. The van der Waals surface area contributed by atoms with E-state index in [4.69, 9.17) is 13.9 Å². The molecule has 10 heteroatoms. The van der Waals surface area contributed by atoms with Crippen LogP contribution in [0.25, 0.3) is 0 Å². The summed E-state index contributed by atoms with van der Waals surface area (Å²) in [7, 11) is 1.52. The van der Waals surface area contributed by atoms with Gasteiger partial charge in [0.05, 0.1) is 11.5 Å². The fraction of sp³-hybridized carbons (Fsp3) is 0.550. The standard InChI is InChI=1S/C20H30N4O6/c1-10-15(20(7,8)21-16(25)17-23-22-13(5)29-17)24(9)18(26)12(4)28-14(6)30-19(27)11(2)3/h10-11,14H,4H2,1-3,5-9H3,(H,21,25). The van der Waals surface area contributed by atoms with Crippen molar-refractivity contribution in [3.05, 3.63) is 35.9 Å². The van der Waals surface area contributed by atoms with Crippen LogP contribution >= 0.6 is 0 Å². The highest BCUT2D eigenvalue weighted by Crippen LogP contribution is 2.22. The molecule has 1 aromatic rings. The first-order valence-corrected chi connectivity index (χ1v) is 9.43. The van der Waals surface area contributed by atoms with Gasteiger partial charge in [0.1, 0.15) is 0 Å². The van der Waals surface area contributed by atoms with Crippen LogP contribution in [0.5, 0.6) is 0 Å². The Morgan fingerprint density at radius 1 is 1.20 bits per heavy atom. The maximum absolute atomic E-state index is 12.8. The van der Waals surface area contributed by atoms with Crippen molar-refractivity contribution in [3.8, 4) is 0 Å². The molecule has 166 valence electrons. The van der Waals surface area contributed by atoms with Crippen LogP contribution in [0.2, 0.25) is 0 Å². The van der Waals surface area contributed by atoms with Crippen LogP contribution in [0.15, 0.2) is 28.5 Å². The normalized spacial score (nSPS) is 12.9. The summed E-state index contributed by atoms with van der Waals surface area (Å²) in [4.78, 5) is 38.1. The summed E-state index contributed by atoms with van der Waals surface area (Å²) in [5.41, 5.74) is -0.511. The number of carbonyl (C=O) groups excluding carboxylic acids is 3. The summed E-state index contributed by atoms with van der Waals surface area (Å²) in [5, 5.41) is 10.1. The molecule has 1 N–H and O–H groups in total. The quantitative estimate of drug-likeness (QED) is 0.278. The number of nitrogens with one attached hydrogen (secondary N) is 1. The van der Waals surface area contributed by atoms with E-state index in [9.17, 15) is 14.4 Å². The molecule has 0 saturated carbocycles. The van der Waals surface area contributed by atoms with Crippen molar-refractivity contribution in [1.82, 2.24) is 20.4 Å². The van der Waals surface area contributed by atoms with Crippen LogP contribution in [-0.2, 0) is 19.1 Å². The molecule has 0 spiro atoms. The number of likely N-dealkylation sites (N-methyl/N-ethyl adjacent to an activating group) is 1. The largest absolute Gasteiger partial charge is 0.450 e. The van der Waals surface area contributed by atoms with Gasteiger partial charge in [-0.15, -0.1) is 10.2 Å². The zero-order chi connectivity index (χ0) is 23.2. The van der Waals surface area contributed by atoms with Crippen LogP contribution in [-0.4, -0.2) is 51.8 Å². The lowest BCUT2D eigenvalue weighted by atomic mass is 9.98. The molecular weight excluding hydrogens is 392 g/mol. The lowest BCUT2D eigenvalue weighted by Crippen LogP contribution is -2.50. The average Bonchev–Trinajstić information content (AvgIpc) is 3.07. The number of esters is 1. The molecule has 1 heterocycles. The van der Waals surface area contributed by atoms with Gasteiger partial charge in [0, 0.05) is 26.6 Å². The highest BCUT2D eigenvalue weighted by molar-refractivity contribution is 5.93.